The van der Waals surface area contributed by atoms with E-state index in [0.717, 1.165) is 28.3 Å². The summed E-state index contributed by atoms with van der Waals surface area (Å²) >= 11 is 12.4. The number of anilines is 1. The monoisotopic (exact) mass is 417 g/mol. The average Bonchev–Trinajstić information content (AvgIpc) is 3.04. The second kappa shape index (κ2) is 7.35. The molecule has 1 aromatic carbocycles. The Morgan fingerprint density at radius 2 is 2.04 bits per heavy atom. The summed E-state index contributed by atoms with van der Waals surface area (Å²) in [5.74, 6) is 0.0575. The van der Waals surface area contributed by atoms with Gasteiger partial charge in [0.25, 0.3) is 0 Å². The van der Waals surface area contributed by atoms with Crippen molar-refractivity contribution in [3.63, 3.8) is 0 Å². The summed E-state index contributed by atoms with van der Waals surface area (Å²) in [6, 6.07) is 7.32. The number of hydrogen-bond donors (Lipinski definition) is 1. The third kappa shape index (κ3) is 3.26. The SMILES string of the molecule is Cc1cc2ncc(N3C[C@H](CN)[C@@H](c4ccc(Cl)cc4Cl)CC3=O)c(C)n2n1. The van der Waals surface area contributed by atoms with Gasteiger partial charge in [0.2, 0.25) is 5.91 Å². The Hall–Kier alpha value is -2.15. The lowest BCUT2D eigenvalue weighted by Gasteiger charge is -2.38. The molecule has 4 rings (SSSR count). The average molecular weight is 418 g/mol. The Bertz CT molecular complexity index is 1060. The molecule has 28 heavy (non-hydrogen) atoms. The number of benzene rings is 1. The van der Waals surface area contributed by atoms with Crippen LogP contribution in [-0.4, -0.2) is 33.6 Å². The van der Waals surface area contributed by atoms with Crippen LogP contribution in [0.25, 0.3) is 5.65 Å². The molecule has 3 heterocycles. The van der Waals surface area contributed by atoms with Crippen LogP contribution in [0.2, 0.25) is 10.0 Å². The van der Waals surface area contributed by atoms with Crippen molar-refractivity contribution in [2.75, 3.05) is 18.0 Å². The summed E-state index contributed by atoms with van der Waals surface area (Å²) in [6.07, 6.45) is 2.08. The van der Waals surface area contributed by atoms with Crippen LogP contribution < -0.4 is 10.6 Å². The molecule has 0 saturated carbocycles. The molecule has 0 spiro atoms. The molecule has 1 aliphatic rings. The van der Waals surface area contributed by atoms with Crippen LogP contribution in [0.15, 0.2) is 30.5 Å². The Balaban J connectivity index is 1.69. The van der Waals surface area contributed by atoms with Crippen molar-refractivity contribution >= 4 is 40.4 Å². The van der Waals surface area contributed by atoms with E-state index in [9.17, 15) is 4.79 Å². The summed E-state index contributed by atoms with van der Waals surface area (Å²) < 4.78 is 1.78. The zero-order valence-corrected chi connectivity index (χ0v) is 17.2. The topological polar surface area (TPSA) is 76.5 Å². The zero-order chi connectivity index (χ0) is 20.0. The number of aromatic nitrogens is 3. The van der Waals surface area contributed by atoms with Crippen molar-refractivity contribution in [1.29, 1.82) is 0 Å². The molecule has 3 aromatic rings. The van der Waals surface area contributed by atoms with Crippen molar-refractivity contribution in [3.05, 3.63) is 57.5 Å². The summed E-state index contributed by atoms with van der Waals surface area (Å²) in [6.45, 7) is 4.82. The van der Waals surface area contributed by atoms with Gasteiger partial charge < -0.3 is 10.6 Å². The lowest BCUT2D eigenvalue weighted by Crippen LogP contribution is -2.46. The summed E-state index contributed by atoms with van der Waals surface area (Å²) in [4.78, 5) is 19.3. The third-order valence-corrected chi connectivity index (χ3v) is 6.02. The highest BCUT2D eigenvalue weighted by Crippen LogP contribution is 2.39. The van der Waals surface area contributed by atoms with E-state index in [1.165, 1.54) is 0 Å². The fourth-order valence-electron chi connectivity index (χ4n) is 3.98. The van der Waals surface area contributed by atoms with Gasteiger partial charge in [0, 0.05) is 29.1 Å². The Morgan fingerprint density at radius 1 is 1.25 bits per heavy atom. The Morgan fingerprint density at radius 3 is 2.75 bits per heavy atom. The van der Waals surface area contributed by atoms with Gasteiger partial charge in [-0.2, -0.15) is 5.10 Å². The number of nitrogens with zero attached hydrogens (tertiary/aromatic N) is 4. The largest absolute Gasteiger partial charge is 0.330 e. The van der Waals surface area contributed by atoms with Crippen LogP contribution in [-0.2, 0) is 4.79 Å². The van der Waals surface area contributed by atoms with E-state index in [1.807, 2.05) is 26.0 Å². The fourth-order valence-corrected chi connectivity index (χ4v) is 4.53. The van der Waals surface area contributed by atoms with E-state index in [4.69, 9.17) is 28.9 Å². The van der Waals surface area contributed by atoms with E-state index in [0.29, 0.717) is 29.6 Å². The molecule has 1 aliphatic heterocycles. The van der Waals surface area contributed by atoms with Gasteiger partial charge in [-0.25, -0.2) is 9.50 Å². The molecule has 2 aromatic heterocycles. The van der Waals surface area contributed by atoms with Crippen molar-refractivity contribution in [2.45, 2.75) is 26.2 Å². The van der Waals surface area contributed by atoms with E-state index < -0.39 is 0 Å². The van der Waals surface area contributed by atoms with Gasteiger partial charge in [-0.15, -0.1) is 0 Å². The quantitative estimate of drug-likeness (QED) is 0.703. The predicted molar refractivity (Wildman–Crippen MR) is 111 cm³/mol. The molecule has 1 amide bonds. The van der Waals surface area contributed by atoms with Crippen LogP contribution >= 0.6 is 23.2 Å². The van der Waals surface area contributed by atoms with Crippen molar-refractivity contribution < 1.29 is 4.79 Å². The van der Waals surface area contributed by atoms with Gasteiger partial charge in [0.05, 0.1) is 23.3 Å². The van der Waals surface area contributed by atoms with Gasteiger partial charge in [-0.1, -0.05) is 29.3 Å². The first-order valence-electron chi connectivity index (χ1n) is 9.16. The molecule has 2 atom stereocenters. The number of aryl methyl sites for hydroxylation is 2. The number of hydrogen-bond acceptors (Lipinski definition) is 4. The minimum atomic E-state index is -0.0394. The van der Waals surface area contributed by atoms with Gasteiger partial charge in [0.1, 0.15) is 0 Å². The van der Waals surface area contributed by atoms with Crippen molar-refractivity contribution in [1.82, 2.24) is 14.6 Å². The molecule has 8 heteroatoms. The number of nitrogens with two attached hydrogens (primary N) is 1. The number of fused-ring (bicyclic) bond motifs is 1. The van der Waals surface area contributed by atoms with Crippen molar-refractivity contribution in [3.8, 4) is 0 Å². The summed E-state index contributed by atoms with van der Waals surface area (Å²) in [7, 11) is 0. The standard InChI is InChI=1S/C20H21Cl2N5O/c1-11-5-19-24-9-18(12(2)27(19)25-11)26-10-13(8-23)16(7-20(26)28)15-4-3-14(21)6-17(15)22/h3-6,9,13,16H,7-8,10,23H2,1-2H3/t13-,16-/m0/s1. The van der Waals surface area contributed by atoms with Crippen LogP contribution in [0.3, 0.4) is 0 Å². The zero-order valence-electron chi connectivity index (χ0n) is 15.7. The van der Waals surface area contributed by atoms with Crippen molar-refractivity contribution in [2.24, 2.45) is 11.7 Å². The molecule has 6 nitrogen and oxygen atoms in total. The fraction of sp³-hybridized carbons (Fsp3) is 0.350. The maximum absolute atomic E-state index is 13.1. The van der Waals surface area contributed by atoms with Gasteiger partial charge in [-0.3, -0.25) is 4.79 Å². The highest BCUT2D eigenvalue weighted by atomic mass is 35.5. The van der Waals surface area contributed by atoms with E-state index >= 15 is 0 Å². The second-order valence-corrected chi connectivity index (χ2v) is 8.10. The second-order valence-electron chi connectivity index (χ2n) is 7.26. The maximum atomic E-state index is 13.1. The van der Waals surface area contributed by atoms with E-state index in [1.54, 1.807) is 27.7 Å². The minimum Gasteiger partial charge on any atom is -0.330 e. The maximum Gasteiger partial charge on any atom is 0.227 e. The Kier molecular flexibility index (Phi) is 5.04. The van der Waals surface area contributed by atoms with Gasteiger partial charge in [-0.05, 0) is 49.9 Å². The van der Waals surface area contributed by atoms with Crippen LogP contribution in [0.4, 0.5) is 5.69 Å². The first-order chi connectivity index (χ1) is 13.4. The molecule has 146 valence electrons. The summed E-state index contributed by atoms with van der Waals surface area (Å²) in [5, 5.41) is 5.62. The molecule has 1 fully saturated rings. The van der Waals surface area contributed by atoms with E-state index in [2.05, 4.69) is 10.1 Å². The highest BCUT2D eigenvalue weighted by Gasteiger charge is 2.36. The highest BCUT2D eigenvalue weighted by molar-refractivity contribution is 6.35. The number of piperidine rings is 1. The first-order valence-corrected chi connectivity index (χ1v) is 9.92. The molecule has 0 radical (unpaired) electrons. The number of carbonyl (C=O) groups excluding carboxylic acids is 1. The van der Waals surface area contributed by atoms with Gasteiger partial charge >= 0.3 is 0 Å². The lowest BCUT2D eigenvalue weighted by atomic mass is 9.80. The smallest absolute Gasteiger partial charge is 0.227 e. The minimum absolute atomic E-state index is 0.0221. The molecule has 2 N–H and O–H groups in total. The molecular weight excluding hydrogens is 397 g/mol. The molecular formula is C20H21Cl2N5O. The predicted octanol–water partition coefficient (Wildman–Crippen LogP) is 3.75. The molecule has 0 unspecified atom stereocenters. The number of halogens is 2. The van der Waals surface area contributed by atoms with E-state index in [-0.39, 0.29) is 17.7 Å². The first kappa shape index (κ1) is 19.2. The van der Waals surface area contributed by atoms with Crippen LogP contribution in [0, 0.1) is 19.8 Å². The molecule has 0 bridgehead atoms. The van der Waals surface area contributed by atoms with Crippen LogP contribution in [0.1, 0.15) is 29.3 Å². The third-order valence-electron chi connectivity index (χ3n) is 5.46. The van der Waals surface area contributed by atoms with Crippen LogP contribution in [0.5, 0.6) is 0 Å². The number of rotatable bonds is 3. The number of carbonyl (C=O) groups is 1. The molecule has 1 saturated heterocycles. The normalized spacial score (nSPS) is 20.2. The van der Waals surface area contributed by atoms with Gasteiger partial charge in [0.15, 0.2) is 5.65 Å². The summed E-state index contributed by atoms with van der Waals surface area (Å²) in [5.41, 5.74) is 10.3. The molecule has 0 aliphatic carbocycles. The Labute approximate surface area is 173 Å². The lowest BCUT2D eigenvalue weighted by molar-refractivity contribution is -0.120. The number of amides is 1.